The van der Waals surface area contributed by atoms with Crippen LogP contribution in [-0.2, 0) is 4.79 Å². The molecule has 2 aliphatic heterocycles. The molecule has 0 bridgehead atoms. The lowest BCUT2D eigenvalue weighted by atomic mass is 9.96. The highest BCUT2D eigenvalue weighted by Crippen LogP contribution is 2.33. The van der Waals surface area contributed by atoms with Gasteiger partial charge in [0.2, 0.25) is 0 Å². The lowest BCUT2D eigenvalue weighted by molar-refractivity contribution is -0.130. The number of carbonyl (C=O) groups excluding carboxylic acids is 1. The number of nitrogens with zero attached hydrogens (tertiary/aromatic N) is 3. The molecule has 31 heavy (non-hydrogen) atoms. The molecule has 7 heteroatoms. The smallest absolute Gasteiger partial charge is 0.253 e. The second kappa shape index (κ2) is 10.2. The second-order valence-corrected chi connectivity index (χ2v) is 10.7. The van der Waals surface area contributed by atoms with E-state index in [9.17, 15) is 4.79 Å². The number of benzene rings is 2. The van der Waals surface area contributed by atoms with E-state index >= 15 is 0 Å². The first-order chi connectivity index (χ1) is 15.0. The molecular weight excluding hydrogens is 442 g/mol. The maximum Gasteiger partial charge on any atom is 0.253 e. The van der Waals surface area contributed by atoms with E-state index in [2.05, 4.69) is 49.1 Å². The summed E-state index contributed by atoms with van der Waals surface area (Å²) in [6.07, 6.45) is 0.719. The van der Waals surface area contributed by atoms with Crippen molar-refractivity contribution in [1.29, 1.82) is 0 Å². The number of hydrogen-bond donors (Lipinski definition) is 0. The van der Waals surface area contributed by atoms with Gasteiger partial charge in [0.15, 0.2) is 0 Å². The van der Waals surface area contributed by atoms with Crippen LogP contribution in [0.25, 0.3) is 0 Å². The second-order valence-electron chi connectivity index (χ2n) is 7.87. The Bertz CT molecular complexity index is 987. The van der Waals surface area contributed by atoms with Crippen molar-refractivity contribution in [1.82, 2.24) is 9.91 Å². The number of hydrazone groups is 1. The molecule has 0 spiro atoms. The zero-order chi connectivity index (χ0) is 21.8. The van der Waals surface area contributed by atoms with E-state index in [1.807, 2.05) is 30.0 Å². The Balaban J connectivity index is 1.52. The maximum atomic E-state index is 13.2. The molecule has 2 heterocycles. The van der Waals surface area contributed by atoms with Gasteiger partial charge in [0.05, 0.1) is 17.5 Å². The Morgan fingerprint density at radius 3 is 2.58 bits per heavy atom. The van der Waals surface area contributed by atoms with Gasteiger partial charge in [0.1, 0.15) is 4.32 Å². The predicted molar refractivity (Wildman–Crippen MR) is 137 cm³/mol. The molecular formula is C24H27N3OS3. The van der Waals surface area contributed by atoms with E-state index in [0.29, 0.717) is 5.75 Å². The minimum absolute atomic E-state index is 0.00595. The molecule has 1 fully saturated rings. The van der Waals surface area contributed by atoms with Crippen LogP contribution in [0.4, 0.5) is 0 Å². The number of amides is 1. The lowest BCUT2D eigenvalue weighted by Gasteiger charge is -2.28. The van der Waals surface area contributed by atoms with Gasteiger partial charge in [-0.25, -0.2) is 5.01 Å². The van der Waals surface area contributed by atoms with Crippen LogP contribution in [-0.4, -0.2) is 56.2 Å². The summed E-state index contributed by atoms with van der Waals surface area (Å²) in [5.74, 6) is 2.52. The van der Waals surface area contributed by atoms with Crippen LogP contribution in [0.5, 0.6) is 0 Å². The van der Waals surface area contributed by atoms with E-state index in [1.165, 1.54) is 22.9 Å². The van der Waals surface area contributed by atoms with Crippen LogP contribution in [0.2, 0.25) is 0 Å². The predicted octanol–water partition coefficient (Wildman–Crippen LogP) is 5.05. The summed E-state index contributed by atoms with van der Waals surface area (Å²) >= 11 is 9.01. The van der Waals surface area contributed by atoms with Gasteiger partial charge >= 0.3 is 0 Å². The first kappa shape index (κ1) is 22.4. The molecule has 2 aromatic carbocycles. The summed E-state index contributed by atoms with van der Waals surface area (Å²) in [5, 5.41) is 6.49. The van der Waals surface area contributed by atoms with Gasteiger partial charge in [-0.3, -0.25) is 4.79 Å². The fraction of sp³-hybridized carbons (Fsp3) is 0.375. The summed E-state index contributed by atoms with van der Waals surface area (Å²) in [6.45, 7) is 6.16. The highest BCUT2D eigenvalue weighted by atomic mass is 32.2. The highest BCUT2D eigenvalue weighted by Gasteiger charge is 2.33. The molecule has 0 aromatic heterocycles. The van der Waals surface area contributed by atoms with Crippen molar-refractivity contribution < 1.29 is 4.79 Å². The van der Waals surface area contributed by atoms with Crippen molar-refractivity contribution in [3.63, 3.8) is 0 Å². The summed E-state index contributed by atoms with van der Waals surface area (Å²) < 4.78 is 0.822. The third-order valence-electron chi connectivity index (χ3n) is 5.78. The minimum Gasteiger partial charge on any atom is -0.356 e. The van der Waals surface area contributed by atoms with Gasteiger partial charge in [0, 0.05) is 31.0 Å². The number of hydrogen-bond acceptors (Lipinski definition) is 5. The number of aryl methyl sites for hydroxylation is 2. The molecule has 0 saturated carbocycles. The third kappa shape index (κ3) is 5.33. The summed E-state index contributed by atoms with van der Waals surface area (Å²) in [4.78, 5) is 15.4. The van der Waals surface area contributed by atoms with Crippen LogP contribution in [0.1, 0.15) is 34.7 Å². The first-order valence-corrected chi connectivity index (χ1v) is 13.1. The first-order valence-electron chi connectivity index (χ1n) is 10.5. The topological polar surface area (TPSA) is 35.9 Å². The molecule has 1 amide bonds. The van der Waals surface area contributed by atoms with E-state index in [-0.39, 0.29) is 11.9 Å². The fourth-order valence-electron chi connectivity index (χ4n) is 3.80. The van der Waals surface area contributed by atoms with E-state index in [4.69, 9.17) is 17.3 Å². The van der Waals surface area contributed by atoms with Crippen molar-refractivity contribution >= 4 is 51.7 Å². The summed E-state index contributed by atoms with van der Waals surface area (Å²) in [7, 11) is 0. The monoisotopic (exact) mass is 469 g/mol. The highest BCUT2D eigenvalue weighted by molar-refractivity contribution is 8.23. The van der Waals surface area contributed by atoms with Crippen molar-refractivity contribution in [3.8, 4) is 0 Å². The molecule has 0 radical (unpaired) electrons. The van der Waals surface area contributed by atoms with Crippen molar-refractivity contribution in [2.24, 2.45) is 5.10 Å². The van der Waals surface area contributed by atoms with Gasteiger partial charge in [-0.1, -0.05) is 66.4 Å². The molecule has 0 N–H and O–H groups in total. The van der Waals surface area contributed by atoms with E-state index in [0.717, 1.165) is 52.2 Å². The van der Waals surface area contributed by atoms with E-state index in [1.54, 1.807) is 5.01 Å². The molecule has 4 rings (SSSR count). The van der Waals surface area contributed by atoms with Gasteiger partial charge in [-0.05, 0) is 42.2 Å². The Kier molecular flexibility index (Phi) is 7.35. The van der Waals surface area contributed by atoms with Crippen LogP contribution in [0.3, 0.4) is 0 Å². The Hall–Kier alpha value is -1.83. The molecule has 1 atom stereocenters. The molecule has 2 aromatic rings. The van der Waals surface area contributed by atoms with E-state index < -0.39 is 0 Å². The minimum atomic E-state index is -0.0779. The van der Waals surface area contributed by atoms with Gasteiger partial charge < -0.3 is 4.90 Å². The van der Waals surface area contributed by atoms with Crippen molar-refractivity contribution in [2.75, 3.05) is 30.3 Å². The van der Waals surface area contributed by atoms with Crippen LogP contribution in [0.15, 0.2) is 53.6 Å². The average molecular weight is 470 g/mol. The molecule has 1 saturated heterocycles. The van der Waals surface area contributed by atoms with Gasteiger partial charge in [0.25, 0.3) is 5.91 Å². The summed E-state index contributed by atoms with van der Waals surface area (Å²) in [5.41, 5.74) is 5.66. The molecule has 2 aliphatic rings. The third-order valence-corrected chi connectivity index (χ3v) is 8.23. The number of thiocarbonyl (C=S) groups is 1. The number of rotatable bonds is 4. The zero-order valence-corrected chi connectivity index (χ0v) is 20.4. The van der Waals surface area contributed by atoms with Gasteiger partial charge in [-0.15, -0.1) is 0 Å². The largest absolute Gasteiger partial charge is 0.356 e. The molecule has 4 nitrogen and oxygen atoms in total. The Labute approximate surface area is 198 Å². The fourth-order valence-corrected chi connectivity index (χ4v) is 5.80. The Morgan fingerprint density at radius 1 is 1.13 bits per heavy atom. The normalized spacial score (nSPS) is 18.8. The maximum absolute atomic E-state index is 13.2. The quantitative estimate of drug-likeness (QED) is 0.586. The molecule has 0 aliphatic carbocycles. The molecule has 1 unspecified atom stereocenters. The number of carbonyl (C=O) groups is 1. The van der Waals surface area contributed by atoms with Crippen molar-refractivity contribution in [3.05, 3.63) is 70.8 Å². The standard InChI is InChI=1S/C24H27N3OS3/c1-17-8-9-20(14-18(17)2)21-15-22(19-6-4-3-5-7-19)27(25-21)23(28)16-31-24(29)26-10-12-30-13-11-26/h3-9,14,22H,10-13,15-16H2,1-2H3. The number of thioether (sulfide) groups is 2. The van der Waals surface area contributed by atoms with Gasteiger partial charge in [-0.2, -0.15) is 16.9 Å². The molecule has 162 valence electrons. The van der Waals surface area contributed by atoms with Crippen molar-refractivity contribution in [2.45, 2.75) is 26.3 Å². The van der Waals surface area contributed by atoms with Crippen LogP contribution in [0, 0.1) is 13.8 Å². The lowest BCUT2D eigenvalue weighted by Crippen LogP contribution is -2.36. The average Bonchev–Trinajstić information content (AvgIpc) is 3.26. The zero-order valence-electron chi connectivity index (χ0n) is 17.9. The van der Waals surface area contributed by atoms with Crippen LogP contribution < -0.4 is 0 Å². The SMILES string of the molecule is Cc1ccc(C2=NN(C(=O)CSC(=S)N3CCSCC3)C(c3ccccc3)C2)cc1C. The Morgan fingerprint density at radius 2 is 1.87 bits per heavy atom. The summed E-state index contributed by atoms with van der Waals surface area (Å²) in [6, 6.07) is 16.5. The van der Waals surface area contributed by atoms with Crippen LogP contribution >= 0.6 is 35.7 Å².